The van der Waals surface area contributed by atoms with Gasteiger partial charge in [0.15, 0.2) is 5.82 Å². The number of hydrogen-bond acceptors (Lipinski definition) is 5. The van der Waals surface area contributed by atoms with Crippen molar-refractivity contribution in [3.05, 3.63) is 69.5 Å². The van der Waals surface area contributed by atoms with E-state index in [1.54, 1.807) is 0 Å². The van der Waals surface area contributed by atoms with E-state index in [1.807, 2.05) is 6.20 Å². The van der Waals surface area contributed by atoms with Crippen molar-refractivity contribution in [1.29, 1.82) is 0 Å². The van der Waals surface area contributed by atoms with Gasteiger partial charge in [0.05, 0.1) is 5.69 Å². The molecule has 0 spiro atoms. The van der Waals surface area contributed by atoms with Crippen LogP contribution in [0, 0.1) is 6.92 Å². The molecule has 2 aromatic heterocycles. The van der Waals surface area contributed by atoms with E-state index < -0.39 is 0 Å². The van der Waals surface area contributed by atoms with Crippen molar-refractivity contribution < 1.29 is 0 Å². The molecule has 0 unspecified atom stereocenters. The number of aromatic nitrogens is 4. The van der Waals surface area contributed by atoms with Gasteiger partial charge >= 0.3 is 0 Å². The number of halogens is 2. The second-order valence-corrected chi connectivity index (χ2v) is 7.14. The average molecular weight is 386 g/mol. The molecule has 1 aliphatic heterocycles. The van der Waals surface area contributed by atoms with Crippen LogP contribution < -0.4 is 0 Å². The predicted octanol–water partition coefficient (Wildman–Crippen LogP) is 4.11. The van der Waals surface area contributed by atoms with Crippen molar-refractivity contribution in [2.45, 2.75) is 26.4 Å². The third-order valence-electron chi connectivity index (χ3n) is 4.56. The van der Waals surface area contributed by atoms with E-state index in [2.05, 4.69) is 51.0 Å². The van der Waals surface area contributed by atoms with Crippen LogP contribution in [0.2, 0.25) is 10.3 Å². The van der Waals surface area contributed by atoms with E-state index in [1.165, 1.54) is 17.5 Å². The second-order valence-electron chi connectivity index (χ2n) is 6.43. The molecule has 0 saturated heterocycles. The maximum atomic E-state index is 6.18. The highest BCUT2D eigenvalue weighted by Gasteiger charge is 2.21. The number of hydrogen-bond donors (Lipinski definition) is 0. The van der Waals surface area contributed by atoms with E-state index >= 15 is 0 Å². The standard InChI is InChI=1S/C19H17Cl2N5/c1-12-2-4-13(5-3-12)19-22-8-14-6-7-26(10-16(14)25-19)9-15-17(20)23-11-24-18(15)21/h2-5,8,11H,6-7,9-10H2,1H3. The Labute approximate surface area is 162 Å². The van der Waals surface area contributed by atoms with Gasteiger partial charge in [-0.1, -0.05) is 53.0 Å². The predicted molar refractivity (Wildman–Crippen MR) is 102 cm³/mol. The molecule has 26 heavy (non-hydrogen) atoms. The van der Waals surface area contributed by atoms with E-state index in [0.717, 1.165) is 42.2 Å². The van der Waals surface area contributed by atoms with Gasteiger partial charge in [0, 0.05) is 37.0 Å². The maximum absolute atomic E-state index is 6.18. The van der Waals surface area contributed by atoms with Crippen LogP contribution in [0.5, 0.6) is 0 Å². The van der Waals surface area contributed by atoms with Crippen LogP contribution in [0.1, 0.15) is 22.4 Å². The first-order chi connectivity index (χ1) is 12.6. The fourth-order valence-corrected chi connectivity index (χ4v) is 3.49. The van der Waals surface area contributed by atoms with E-state index in [9.17, 15) is 0 Å². The topological polar surface area (TPSA) is 54.8 Å². The lowest BCUT2D eigenvalue weighted by atomic mass is 10.1. The molecule has 0 bridgehead atoms. The minimum Gasteiger partial charge on any atom is -0.293 e. The van der Waals surface area contributed by atoms with Crippen LogP contribution in [0.25, 0.3) is 11.4 Å². The fraction of sp³-hybridized carbons (Fsp3) is 0.263. The summed E-state index contributed by atoms with van der Waals surface area (Å²) < 4.78 is 0. The highest BCUT2D eigenvalue weighted by molar-refractivity contribution is 6.34. The summed E-state index contributed by atoms with van der Waals surface area (Å²) in [5, 5.41) is 0.803. The molecule has 0 atom stereocenters. The summed E-state index contributed by atoms with van der Waals surface area (Å²) in [4.78, 5) is 19.6. The third-order valence-corrected chi connectivity index (χ3v) is 5.21. The Kier molecular flexibility index (Phi) is 4.85. The van der Waals surface area contributed by atoms with Gasteiger partial charge in [-0.2, -0.15) is 0 Å². The molecule has 0 saturated carbocycles. The Morgan fingerprint density at radius 3 is 2.50 bits per heavy atom. The molecule has 4 rings (SSSR count). The summed E-state index contributed by atoms with van der Waals surface area (Å²) in [6, 6.07) is 8.25. The number of nitrogens with zero attached hydrogens (tertiary/aromatic N) is 5. The zero-order chi connectivity index (χ0) is 18.1. The molecule has 0 N–H and O–H groups in total. The van der Waals surface area contributed by atoms with Crippen molar-refractivity contribution in [2.75, 3.05) is 6.54 Å². The molecule has 0 radical (unpaired) electrons. The Bertz CT molecular complexity index is 923. The van der Waals surface area contributed by atoms with Crippen LogP contribution >= 0.6 is 23.2 Å². The molecule has 3 aromatic rings. The third kappa shape index (κ3) is 3.56. The summed E-state index contributed by atoms with van der Waals surface area (Å²) in [6.45, 7) is 4.28. The summed E-state index contributed by atoms with van der Waals surface area (Å²) in [6.07, 6.45) is 4.22. The summed E-state index contributed by atoms with van der Waals surface area (Å²) in [7, 11) is 0. The highest BCUT2D eigenvalue weighted by Crippen LogP contribution is 2.26. The monoisotopic (exact) mass is 385 g/mol. The van der Waals surface area contributed by atoms with Crippen LogP contribution in [0.15, 0.2) is 36.8 Å². The number of aryl methyl sites for hydroxylation is 1. The van der Waals surface area contributed by atoms with E-state index in [0.29, 0.717) is 16.9 Å². The maximum Gasteiger partial charge on any atom is 0.159 e. The SMILES string of the molecule is Cc1ccc(-c2ncc3c(n2)CN(Cc2c(Cl)ncnc2Cl)CC3)cc1. The van der Waals surface area contributed by atoms with Gasteiger partial charge in [0.1, 0.15) is 16.6 Å². The summed E-state index contributed by atoms with van der Waals surface area (Å²) >= 11 is 12.4. The Morgan fingerprint density at radius 1 is 1.04 bits per heavy atom. The number of rotatable bonds is 3. The van der Waals surface area contributed by atoms with Gasteiger partial charge < -0.3 is 0 Å². The summed E-state index contributed by atoms with van der Waals surface area (Å²) in [5.41, 5.74) is 5.24. The van der Waals surface area contributed by atoms with Gasteiger partial charge in [0.25, 0.3) is 0 Å². The van der Waals surface area contributed by atoms with Crippen molar-refractivity contribution in [3.8, 4) is 11.4 Å². The highest BCUT2D eigenvalue weighted by atomic mass is 35.5. The van der Waals surface area contributed by atoms with Gasteiger partial charge in [-0.05, 0) is 18.9 Å². The lowest BCUT2D eigenvalue weighted by molar-refractivity contribution is 0.241. The summed E-state index contributed by atoms with van der Waals surface area (Å²) in [5.74, 6) is 0.754. The second kappa shape index (κ2) is 7.27. The first-order valence-electron chi connectivity index (χ1n) is 8.39. The normalized spacial score (nSPS) is 14.3. The zero-order valence-electron chi connectivity index (χ0n) is 14.3. The number of benzene rings is 1. The van der Waals surface area contributed by atoms with Gasteiger partial charge in [-0.25, -0.2) is 19.9 Å². The molecule has 7 heteroatoms. The Hall–Kier alpha value is -2.08. The van der Waals surface area contributed by atoms with Gasteiger partial charge in [-0.15, -0.1) is 0 Å². The van der Waals surface area contributed by atoms with Crippen molar-refractivity contribution in [2.24, 2.45) is 0 Å². The lowest BCUT2D eigenvalue weighted by Crippen LogP contribution is -2.31. The average Bonchev–Trinajstić information content (AvgIpc) is 2.65. The fourth-order valence-electron chi connectivity index (χ4n) is 3.06. The molecule has 5 nitrogen and oxygen atoms in total. The van der Waals surface area contributed by atoms with Gasteiger partial charge in [0.2, 0.25) is 0 Å². The molecule has 1 aromatic carbocycles. The minimum absolute atomic E-state index is 0.402. The van der Waals surface area contributed by atoms with Crippen LogP contribution in [-0.4, -0.2) is 31.4 Å². The van der Waals surface area contributed by atoms with Crippen LogP contribution in [-0.2, 0) is 19.5 Å². The molecule has 0 fully saturated rings. The first kappa shape index (κ1) is 17.3. The smallest absolute Gasteiger partial charge is 0.159 e. The van der Waals surface area contributed by atoms with Crippen molar-refractivity contribution in [3.63, 3.8) is 0 Å². The minimum atomic E-state index is 0.402. The van der Waals surface area contributed by atoms with Crippen molar-refractivity contribution >= 4 is 23.2 Å². The Balaban J connectivity index is 1.58. The molecule has 3 heterocycles. The van der Waals surface area contributed by atoms with E-state index in [-0.39, 0.29) is 0 Å². The zero-order valence-corrected chi connectivity index (χ0v) is 15.8. The van der Waals surface area contributed by atoms with Crippen molar-refractivity contribution in [1.82, 2.24) is 24.8 Å². The first-order valence-corrected chi connectivity index (χ1v) is 9.15. The molecule has 0 aliphatic carbocycles. The lowest BCUT2D eigenvalue weighted by Gasteiger charge is -2.28. The van der Waals surface area contributed by atoms with Crippen LogP contribution in [0.3, 0.4) is 0 Å². The van der Waals surface area contributed by atoms with E-state index in [4.69, 9.17) is 28.2 Å². The molecule has 132 valence electrons. The molecular formula is C19H17Cl2N5. The number of fused-ring (bicyclic) bond motifs is 1. The molecule has 1 aliphatic rings. The molecule has 0 amide bonds. The van der Waals surface area contributed by atoms with Gasteiger partial charge in [-0.3, -0.25) is 4.90 Å². The molecular weight excluding hydrogens is 369 g/mol. The Morgan fingerprint density at radius 2 is 1.77 bits per heavy atom. The largest absolute Gasteiger partial charge is 0.293 e. The quantitative estimate of drug-likeness (QED) is 0.635. The van der Waals surface area contributed by atoms with Crippen LogP contribution in [0.4, 0.5) is 0 Å².